The summed E-state index contributed by atoms with van der Waals surface area (Å²) in [4.78, 5) is 37.0. The van der Waals surface area contributed by atoms with Crippen LogP contribution in [0.5, 0.6) is 0 Å². The number of thioether (sulfide) groups is 1. The first-order valence-corrected chi connectivity index (χ1v) is 10.7. The van der Waals surface area contributed by atoms with Crippen molar-refractivity contribution in [3.63, 3.8) is 0 Å². The number of nitrogens with one attached hydrogen (secondary N) is 2. The molecule has 0 radical (unpaired) electrons. The lowest BCUT2D eigenvalue weighted by Crippen LogP contribution is -2.16. The Kier molecular flexibility index (Phi) is 6.69. The van der Waals surface area contributed by atoms with Crippen LogP contribution in [-0.2, 0) is 10.5 Å². The van der Waals surface area contributed by atoms with Crippen molar-refractivity contribution in [2.75, 3.05) is 17.2 Å². The van der Waals surface area contributed by atoms with Crippen molar-refractivity contribution in [2.24, 2.45) is 0 Å². The fourth-order valence-electron chi connectivity index (χ4n) is 2.98. The third kappa shape index (κ3) is 5.26. The van der Waals surface area contributed by atoms with Gasteiger partial charge in [-0.15, -0.1) is 11.8 Å². The topological polar surface area (TPSA) is 117 Å². The van der Waals surface area contributed by atoms with Gasteiger partial charge in [0.15, 0.2) is 0 Å². The zero-order valence-electron chi connectivity index (χ0n) is 16.9. The molecule has 0 spiro atoms. The molecule has 2 amide bonds. The van der Waals surface area contributed by atoms with Crippen LogP contribution in [0.15, 0.2) is 78.2 Å². The van der Waals surface area contributed by atoms with Gasteiger partial charge in [-0.1, -0.05) is 24.3 Å². The van der Waals surface area contributed by atoms with Crippen LogP contribution in [0.2, 0.25) is 0 Å². The fraction of sp³-hybridized carbons (Fsp3) is 0.0870. The standard InChI is InChI=1S/C23H19N5O3S/c29-13-21(30)27-19-10-15(7-9-24-19)14-32-23-18(6-3-8-25-23)22(31)28-20-11-16-4-1-2-5-17(16)12-26-20/h1-12,29H,13-14H2,(H,24,27,30)(H,26,28,31). The van der Waals surface area contributed by atoms with Crippen LogP contribution in [0.25, 0.3) is 10.8 Å². The molecule has 0 aliphatic carbocycles. The number of amides is 2. The summed E-state index contributed by atoms with van der Waals surface area (Å²) in [7, 11) is 0. The van der Waals surface area contributed by atoms with Gasteiger partial charge in [-0.3, -0.25) is 9.59 Å². The molecule has 160 valence electrons. The van der Waals surface area contributed by atoms with E-state index in [1.165, 1.54) is 11.8 Å². The van der Waals surface area contributed by atoms with Gasteiger partial charge in [0.25, 0.3) is 11.8 Å². The van der Waals surface area contributed by atoms with E-state index in [-0.39, 0.29) is 5.91 Å². The number of carbonyl (C=O) groups is 2. The van der Waals surface area contributed by atoms with E-state index in [2.05, 4.69) is 25.6 Å². The molecule has 1 aromatic carbocycles. The smallest absolute Gasteiger partial charge is 0.259 e. The number of aromatic nitrogens is 3. The quantitative estimate of drug-likeness (QED) is 0.373. The first kappa shape index (κ1) is 21.4. The molecule has 9 heteroatoms. The lowest BCUT2D eigenvalue weighted by molar-refractivity contribution is -0.118. The minimum absolute atomic E-state index is 0.297. The number of hydrogen-bond acceptors (Lipinski definition) is 7. The van der Waals surface area contributed by atoms with Crippen LogP contribution in [0.3, 0.4) is 0 Å². The number of hydrogen-bond donors (Lipinski definition) is 3. The number of aliphatic hydroxyl groups excluding tert-OH is 1. The predicted molar refractivity (Wildman–Crippen MR) is 123 cm³/mol. The number of carbonyl (C=O) groups excluding carboxylic acids is 2. The van der Waals surface area contributed by atoms with E-state index in [1.807, 2.05) is 36.4 Å². The van der Waals surface area contributed by atoms with Crippen LogP contribution >= 0.6 is 11.8 Å². The van der Waals surface area contributed by atoms with Crippen molar-refractivity contribution in [2.45, 2.75) is 10.8 Å². The molecule has 0 bridgehead atoms. The molecule has 0 aliphatic rings. The maximum atomic E-state index is 12.9. The Balaban J connectivity index is 1.47. The summed E-state index contributed by atoms with van der Waals surface area (Å²) in [6.45, 7) is -0.612. The minimum atomic E-state index is -0.612. The summed E-state index contributed by atoms with van der Waals surface area (Å²) in [6.07, 6.45) is 4.92. The van der Waals surface area contributed by atoms with Crippen LogP contribution in [0.4, 0.5) is 11.6 Å². The van der Waals surface area contributed by atoms with E-state index in [9.17, 15) is 9.59 Å². The number of fused-ring (bicyclic) bond motifs is 1. The monoisotopic (exact) mass is 445 g/mol. The second kappa shape index (κ2) is 9.99. The van der Waals surface area contributed by atoms with E-state index >= 15 is 0 Å². The molecule has 0 saturated heterocycles. The van der Waals surface area contributed by atoms with Gasteiger partial charge in [-0.2, -0.15) is 0 Å². The third-order valence-electron chi connectivity index (χ3n) is 4.50. The van der Waals surface area contributed by atoms with Gasteiger partial charge in [-0.25, -0.2) is 15.0 Å². The Labute approximate surface area is 188 Å². The van der Waals surface area contributed by atoms with Gasteiger partial charge in [0.05, 0.1) is 5.56 Å². The van der Waals surface area contributed by atoms with Gasteiger partial charge in [0.1, 0.15) is 23.3 Å². The third-order valence-corrected chi connectivity index (χ3v) is 5.58. The van der Waals surface area contributed by atoms with Crippen LogP contribution in [-0.4, -0.2) is 38.5 Å². The van der Waals surface area contributed by atoms with Crippen LogP contribution < -0.4 is 10.6 Å². The molecule has 0 saturated carbocycles. The van der Waals surface area contributed by atoms with Crippen molar-refractivity contribution >= 4 is 46.0 Å². The molecule has 3 aromatic heterocycles. The summed E-state index contributed by atoms with van der Waals surface area (Å²) in [5, 5.41) is 16.8. The van der Waals surface area contributed by atoms with E-state index in [0.29, 0.717) is 28.0 Å². The second-order valence-electron chi connectivity index (χ2n) is 6.77. The van der Waals surface area contributed by atoms with Crippen molar-refractivity contribution in [3.05, 3.63) is 84.3 Å². The SMILES string of the molecule is O=C(CO)Nc1cc(CSc2ncccc2C(=O)Nc2cc3ccccc3cn2)ccn1. The Bertz CT molecular complexity index is 1280. The van der Waals surface area contributed by atoms with Crippen LogP contribution in [0, 0.1) is 0 Å². The first-order valence-electron chi connectivity index (χ1n) is 9.72. The first-order chi connectivity index (χ1) is 15.6. The van der Waals surface area contributed by atoms with Crippen LogP contribution in [0.1, 0.15) is 15.9 Å². The highest BCUT2D eigenvalue weighted by atomic mass is 32.2. The Morgan fingerprint density at radius 1 is 0.875 bits per heavy atom. The molecule has 0 unspecified atom stereocenters. The van der Waals surface area contributed by atoms with E-state index < -0.39 is 12.5 Å². The average Bonchev–Trinajstić information content (AvgIpc) is 2.83. The van der Waals surface area contributed by atoms with Crippen molar-refractivity contribution < 1.29 is 14.7 Å². The van der Waals surface area contributed by atoms with Crippen molar-refractivity contribution in [1.29, 1.82) is 0 Å². The predicted octanol–water partition coefficient (Wildman–Crippen LogP) is 3.50. The lowest BCUT2D eigenvalue weighted by Gasteiger charge is -2.10. The molecule has 3 N–H and O–H groups in total. The lowest BCUT2D eigenvalue weighted by atomic mass is 10.2. The number of pyridine rings is 3. The van der Waals surface area contributed by atoms with E-state index in [4.69, 9.17) is 5.11 Å². The van der Waals surface area contributed by atoms with Gasteiger partial charge in [0.2, 0.25) is 0 Å². The molecule has 0 atom stereocenters. The van der Waals surface area contributed by atoms with Gasteiger partial charge < -0.3 is 15.7 Å². The fourth-order valence-corrected chi connectivity index (χ4v) is 3.92. The Hall–Kier alpha value is -3.82. The molecule has 4 rings (SSSR count). The summed E-state index contributed by atoms with van der Waals surface area (Å²) in [5.41, 5.74) is 1.32. The van der Waals surface area contributed by atoms with Gasteiger partial charge >= 0.3 is 0 Å². The number of aliphatic hydroxyl groups is 1. The minimum Gasteiger partial charge on any atom is -0.387 e. The zero-order chi connectivity index (χ0) is 22.3. The average molecular weight is 446 g/mol. The molecule has 0 aliphatic heterocycles. The maximum absolute atomic E-state index is 12.9. The maximum Gasteiger partial charge on any atom is 0.259 e. The molecular formula is C23H19N5O3S. The van der Waals surface area contributed by atoms with Gasteiger partial charge in [0, 0.05) is 29.7 Å². The second-order valence-corrected chi connectivity index (χ2v) is 7.74. The molecular weight excluding hydrogens is 426 g/mol. The molecule has 3 heterocycles. The summed E-state index contributed by atoms with van der Waals surface area (Å²) < 4.78 is 0. The molecule has 8 nitrogen and oxygen atoms in total. The summed E-state index contributed by atoms with van der Waals surface area (Å²) in [5.74, 6) is 0.494. The Morgan fingerprint density at radius 2 is 1.69 bits per heavy atom. The highest BCUT2D eigenvalue weighted by Crippen LogP contribution is 2.26. The summed E-state index contributed by atoms with van der Waals surface area (Å²) >= 11 is 1.39. The Morgan fingerprint density at radius 3 is 2.53 bits per heavy atom. The van der Waals surface area contributed by atoms with Crippen molar-refractivity contribution in [3.8, 4) is 0 Å². The molecule has 0 fully saturated rings. The summed E-state index contributed by atoms with van der Waals surface area (Å²) in [6, 6.07) is 16.6. The molecule has 4 aromatic rings. The van der Waals surface area contributed by atoms with E-state index in [1.54, 1.807) is 36.8 Å². The number of nitrogens with zero attached hydrogens (tertiary/aromatic N) is 3. The largest absolute Gasteiger partial charge is 0.387 e. The van der Waals surface area contributed by atoms with Crippen molar-refractivity contribution in [1.82, 2.24) is 15.0 Å². The number of anilines is 2. The highest BCUT2D eigenvalue weighted by Gasteiger charge is 2.14. The normalized spacial score (nSPS) is 10.7. The number of rotatable bonds is 7. The highest BCUT2D eigenvalue weighted by molar-refractivity contribution is 7.98. The van der Waals surface area contributed by atoms with E-state index in [0.717, 1.165) is 16.3 Å². The zero-order valence-corrected chi connectivity index (χ0v) is 17.7. The molecule has 32 heavy (non-hydrogen) atoms. The van der Waals surface area contributed by atoms with Gasteiger partial charge in [-0.05, 0) is 41.3 Å². The number of benzene rings is 1.